The molecule has 0 spiro atoms. The second-order valence-corrected chi connectivity index (χ2v) is 10.9. The van der Waals surface area contributed by atoms with Crippen LogP contribution in [0.5, 0.6) is 23.0 Å². The van der Waals surface area contributed by atoms with Crippen molar-refractivity contribution in [3.63, 3.8) is 0 Å². The van der Waals surface area contributed by atoms with E-state index < -0.39 is 0 Å². The van der Waals surface area contributed by atoms with Crippen molar-refractivity contribution in [2.24, 2.45) is 4.90 Å². The zero-order valence-electron chi connectivity index (χ0n) is 25.0. The number of para-hydroxylation sites is 1. The van der Waals surface area contributed by atoms with Gasteiger partial charge in [-0.15, -0.1) is 0 Å². The Bertz CT molecular complexity index is 1820. The van der Waals surface area contributed by atoms with Crippen LogP contribution in [0.1, 0.15) is 49.9 Å². The number of anilines is 2. The molecule has 2 N–H and O–H groups in total. The molecule has 1 atom stereocenters. The van der Waals surface area contributed by atoms with Crippen LogP contribution in [0.2, 0.25) is 0 Å². The average molecular weight is 589 g/mol. The molecule has 4 aromatic rings. The van der Waals surface area contributed by atoms with E-state index in [9.17, 15) is 9.59 Å². The van der Waals surface area contributed by atoms with Crippen LogP contribution in [-0.4, -0.2) is 38.9 Å². The van der Waals surface area contributed by atoms with Gasteiger partial charge in [-0.25, -0.2) is 0 Å². The average Bonchev–Trinajstić information content (AvgIpc) is 3.33. The Morgan fingerprint density at radius 2 is 1.59 bits per heavy atom. The number of methoxy groups -OCH3 is 2. The van der Waals surface area contributed by atoms with Crippen LogP contribution in [0.3, 0.4) is 0 Å². The van der Waals surface area contributed by atoms with Crippen molar-refractivity contribution in [2.75, 3.05) is 24.9 Å². The van der Waals surface area contributed by atoms with E-state index in [0.29, 0.717) is 45.5 Å². The molecule has 0 radical (unpaired) electrons. The monoisotopic (exact) mass is 589 g/mol. The predicted molar refractivity (Wildman–Crippen MR) is 169 cm³/mol. The van der Waals surface area contributed by atoms with Gasteiger partial charge in [0.05, 0.1) is 7.11 Å². The first-order chi connectivity index (χ1) is 21.2. The molecule has 10 heteroatoms. The van der Waals surface area contributed by atoms with Gasteiger partial charge in [-0.2, -0.15) is 0 Å². The van der Waals surface area contributed by atoms with Gasteiger partial charge in [0.2, 0.25) is 0 Å². The number of carbonyl (C=O) groups is 2. The summed E-state index contributed by atoms with van der Waals surface area (Å²) in [6, 6.07) is 20.5. The summed E-state index contributed by atoms with van der Waals surface area (Å²) in [6.07, 6.45) is 0.720. The fraction of sp³-hybridized carbons (Fsp3) is 0.235. The normalized spacial score (nSPS) is 14.6. The molecule has 4 aromatic carbocycles. The van der Waals surface area contributed by atoms with Crippen LogP contribution in [0.25, 0.3) is 0 Å². The minimum atomic E-state index is -0.147. The van der Waals surface area contributed by atoms with E-state index in [1.54, 1.807) is 36.3 Å². The predicted octanol–water partition coefficient (Wildman–Crippen LogP) is 6.02. The third-order valence-corrected chi connectivity index (χ3v) is 7.88. The van der Waals surface area contributed by atoms with Gasteiger partial charge < -0.3 is 4.74 Å². The van der Waals surface area contributed by atoms with E-state index in [-0.39, 0.29) is 30.8 Å². The number of benzene rings is 4. The number of aryl methyl sites for hydroxylation is 1. The van der Waals surface area contributed by atoms with E-state index >= 15 is 0 Å². The second kappa shape index (κ2) is 11.9. The van der Waals surface area contributed by atoms with Crippen LogP contribution in [0, 0.1) is 6.92 Å². The number of nitrogens with two attached hydrogens (primary N) is 1. The van der Waals surface area contributed by atoms with Crippen LogP contribution in [-0.2, 0) is 19.6 Å². The van der Waals surface area contributed by atoms with Crippen molar-refractivity contribution in [3.8, 4) is 23.0 Å². The standard InChI is InChI=1S/C34H32BN3O6/c1-19-9-31(29(41-3)14-25(19)20(2)39)43-17-21-10-22(12-24(36)11-21)18-44-32-16-27-26(15-30(32)42-4)34(40)38-28-8-6-5-7-23(28)13-33(38)35-37-27/h5-12,14-16,33H,13,17-18,36H2,1-4H3/t33-/m0/s1. The molecule has 9 nitrogen and oxygen atoms in total. The molecule has 0 aliphatic carbocycles. The number of carbonyl (C=O) groups excluding carboxylic acids is 2. The number of rotatable bonds is 9. The fourth-order valence-electron chi connectivity index (χ4n) is 5.78. The molecule has 44 heavy (non-hydrogen) atoms. The Kier molecular flexibility index (Phi) is 7.82. The van der Waals surface area contributed by atoms with E-state index in [1.807, 2.05) is 56.5 Å². The number of amides is 1. The molecule has 0 fully saturated rings. The topological polar surface area (TPSA) is 113 Å². The Morgan fingerprint density at radius 3 is 2.27 bits per heavy atom. The Balaban J connectivity index is 1.20. The van der Waals surface area contributed by atoms with Crippen molar-refractivity contribution in [1.29, 1.82) is 0 Å². The molecular weight excluding hydrogens is 557 g/mol. The summed E-state index contributed by atoms with van der Waals surface area (Å²) in [5.74, 6) is 1.60. The maximum atomic E-state index is 13.7. The molecule has 0 bridgehead atoms. The van der Waals surface area contributed by atoms with Gasteiger partial charge in [0.1, 0.15) is 0 Å². The number of fused-ring (bicyclic) bond motifs is 4. The Morgan fingerprint density at radius 1 is 0.932 bits per heavy atom. The SMILES string of the molecule is COc1cc(C(C)=O)c(C)cc1OCc1cc(N)cc(COc2cc3c(cc2OC)C(=O)N2c4ccccc4C[C@H]2B=N3)c1. The fourth-order valence-corrected chi connectivity index (χ4v) is 5.78. The van der Waals surface area contributed by atoms with Crippen LogP contribution < -0.4 is 29.6 Å². The zero-order chi connectivity index (χ0) is 31.0. The summed E-state index contributed by atoms with van der Waals surface area (Å²) in [4.78, 5) is 32.1. The minimum absolute atomic E-state index is 0.0385. The summed E-state index contributed by atoms with van der Waals surface area (Å²) in [6.45, 7) is 3.81. The number of ether oxygens (including phenoxy) is 4. The van der Waals surface area contributed by atoms with Crippen molar-refractivity contribution in [1.82, 2.24) is 0 Å². The molecule has 1 amide bonds. The van der Waals surface area contributed by atoms with Gasteiger partial charge in [0.15, 0.2) is 11.5 Å². The summed E-state index contributed by atoms with van der Waals surface area (Å²) in [5.41, 5.74) is 12.9. The first kappa shape index (κ1) is 29.0. The summed E-state index contributed by atoms with van der Waals surface area (Å²) >= 11 is 0. The number of nitrogen functional groups attached to an aromatic ring is 1. The molecule has 6 rings (SSSR count). The third-order valence-electron chi connectivity index (χ3n) is 7.88. The molecular formula is C34H32BN3O6. The summed E-state index contributed by atoms with van der Waals surface area (Å²) in [7, 11) is 4.91. The summed E-state index contributed by atoms with van der Waals surface area (Å²) in [5, 5.41) is 0. The molecule has 0 saturated heterocycles. The van der Waals surface area contributed by atoms with Gasteiger partial charge in [0.25, 0.3) is 0 Å². The number of hydrogen-bond acceptors (Lipinski definition) is 8. The molecule has 0 unspecified atom stereocenters. The van der Waals surface area contributed by atoms with Gasteiger partial charge >= 0.3 is 191 Å². The summed E-state index contributed by atoms with van der Waals surface area (Å²) < 4.78 is 23.4. The molecule has 0 saturated carbocycles. The third kappa shape index (κ3) is 5.51. The van der Waals surface area contributed by atoms with E-state index in [0.717, 1.165) is 34.4 Å². The first-order valence-electron chi connectivity index (χ1n) is 14.3. The van der Waals surface area contributed by atoms with Gasteiger partial charge in [-0.3, -0.25) is 4.79 Å². The molecule has 222 valence electrons. The van der Waals surface area contributed by atoms with Crippen molar-refractivity contribution in [2.45, 2.75) is 39.4 Å². The van der Waals surface area contributed by atoms with Crippen molar-refractivity contribution >= 4 is 35.8 Å². The van der Waals surface area contributed by atoms with E-state index in [4.69, 9.17) is 24.7 Å². The molecule has 0 aromatic heterocycles. The second-order valence-electron chi connectivity index (χ2n) is 10.9. The number of hydrogen-bond donors (Lipinski definition) is 1. The zero-order valence-corrected chi connectivity index (χ0v) is 25.0. The molecule has 2 aliphatic rings. The molecule has 2 heterocycles. The maximum absolute atomic E-state index is 13.7. The van der Waals surface area contributed by atoms with Gasteiger partial charge in [-0.1, -0.05) is 0 Å². The number of nitrogens with zero attached hydrogens (tertiary/aromatic N) is 2. The van der Waals surface area contributed by atoms with Crippen LogP contribution in [0.15, 0.2) is 71.6 Å². The van der Waals surface area contributed by atoms with Crippen LogP contribution >= 0.6 is 0 Å². The number of ketones is 1. The first-order valence-corrected chi connectivity index (χ1v) is 14.3. The Hall–Kier alpha value is -5.12. The van der Waals surface area contributed by atoms with Crippen LogP contribution in [0.4, 0.5) is 17.1 Å². The van der Waals surface area contributed by atoms with E-state index in [1.165, 1.54) is 14.0 Å². The van der Waals surface area contributed by atoms with E-state index in [2.05, 4.69) is 4.90 Å². The van der Waals surface area contributed by atoms with Gasteiger partial charge in [0, 0.05) is 5.56 Å². The van der Waals surface area contributed by atoms with Crippen molar-refractivity contribution in [3.05, 3.63) is 100 Å². The Labute approximate surface area is 256 Å². The van der Waals surface area contributed by atoms with Gasteiger partial charge in [-0.05, 0) is 31.5 Å². The molecule has 2 aliphatic heterocycles. The quantitative estimate of drug-likeness (QED) is 0.144. The van der Waals surface area contributed by atoms with Crippen molar-refractivity contribution < 1.29 is 28.5 Å². The number of Topliss-reactive ketones (excluding diaryl/α,β-unsaturated/α-hetero) is 1.